The van der Waals surface area contributed by atoms with E-state index in [9.17, 15) is 0 Å². The van der Waals surface area contributed by atoms with Crippen molar-refractivity contribution in [2.24, 2.45) is 0 Å². The van der Waals surface area contributed by atoms with Crippen LogP contribution in [-0.2, 0) is 0 Å². The van der Waals surface area contributed by atoms with Gasteiger partial charge in [0.1, 0.15) is 0 Å². The smallest absolute Gasteiger partial charge is 0.160 e. The summed E-state index contributed by atoms with van der Waals surface area (Å²) in [6.45, 7) is 8.00. The molecule has 0 aliphatic heterocycles. The fraction of sp³-hybridized carbons (Fsp3) is 0.200. The van der Waals surface area contributed by atoms with Crippen LogP contribution in [0.1, 0.15) is 27.7 Å². The second-order valence-electron chi connectivity index (χ2n) is 8.66. The zero-order valence-electron chi connectivity index (χ0n) is 25.2. The van der Waals surface area contributed by atoms with Crippen molar-refractivity contribution in [2.75, 3.05) is 42.8 Å². The number of hydrogen-bond donors (Lipinski definition) is 4. The maximum absolute atomic E-state index is 6.59. The number of nitrogens with two attached hydrogens (primary N) is 1. The average molecular weight is 547 g/mol. The summed E-state index contributed by atoms with van der Waals surface area (Å²) in [6, 6.07) is 32.7. The summed E-state index contributed by atoms with van der Waals surface area (Å²) >= 11 is 0. The van der Waals surface area contributed by atoms with Crippen LogP contribution in [0.2, 0.25) is 0 Å². The Morgan fingerprint density at radius 2 is 0.976 bits per heavy atom. The van der Waals surface area contributed by atoms with Crippen LogP contribution in [0.25, 0.3) is 45.0 Å². The van der Waals surface area contributed by atoms with Gasteiger partial charge in [0.25, 0.3) is 0 Å². The lowest BCUT2D eigenvalue weighted by atomic mass is 9.97. The first-order valence-electron chi connectivity index (χ1n) is 14.2. The SMILES string of the molecule is CC.CC.CNc1cc(NC)c(NC)c(-c2ccc(-c3cc(-c4ccccc4)nc(-c4ccccc4)n3)cc2)c1N. The van der Waals surface area contributed by atoms with Gasteiger partial charge in [0.15, 0.2) is 5.82 Å². The lowest BCUT2D eigenvalue weighted by Gasteiger charge is -2.20. The predicted molar refractivity (Wildman–Crippen MR) is 180 cm³/mol. The van der Waals surface area contributed by atoms with Gasteiger partial charge < -0.3 is 21.7 Å². The Hall–Kier alpha value is -4.84. The number of anilines is 4. The van der Waals surface area contributed by atoms with E-state index < -0.39 is 0 Å². The molecule has 0 atom stereocenters. The molecule has 0 spiro atoms. The van der Waals surface area contributed by atoms with Crippen LogP contribution in [0.3, 0.4) is 0 Å². The van der Waals surface area contributed by atoms with Crippen LogP contribution in [0.5, 0.6) is 0 Å². The van der Waals surface area contributed by atoms with Crippen molar-refractivity contribution in [1.29, 1.82) is 0 Å². The Labute approximate surface area is 245 Å². The third kappa shape index (κ3) is 6.84. The number of rotatable bonds is 7. The van der Waals surface area contributed by atoms with Crippen molar-refractivity contribution in [2.45, 2.75) is 27.7 Å². The monoisotopic (exact) mass is 546 g/mol. The molecule has 5 N–H and O–H groups in total. The molecule has 0 fully saturated rings. The van der Waals surface area contributed by atoms with Gasteiger partial charge in [0, 0.05) is 43.4 Å². The highest BCUT2D eigenvalue weighted by atomic mass is 14.9. The molecule has 0 aliphatic carbocycles. The Balaban J connectivity index is 0.00000111. The molecule has 41 heavy (non-hydrogen) atoms. The van der Waals surface area contributed by atoms with E-state index in [1.165, 1.54) is 0 Å². The molecule has 0 amide bonds. The number of hydrogen-bond acceptors (Lipinski definition) is 6. The molecule has 1 heterocycles. The third-order valence-corrected chi connectivity index (χ3v) is 6.45. The number of nitrogen functional groups attached to an aromatic ring is 1. The minimum Gasteiger partial charge on any atom is -0.396 e. The van der Waals surface area contributed by atoms with Crippen LogP contribution in [-0.4, -0.2) is 31.1 Å². The largest absolute Gasteiger partial charge is 0.396 e. The van der Waals surface area contributed by atoms with Crippen LogP contribution < -0.4 is 21.7 Å². The van der Waals surface area contributed by atoms with Crippen LogP contribution in [0, 0.1) is 0 Å². The summed E-state index contributed by atoms with van der Waals surface area (Å²) < 4.78 is 0. The van der Waals surface area contributed by atoms with Gasteiger partial charge in [-0.25, -0.2) is 9.97 Å². The Kier molecular flexibility index (Phi) is 11.3. The van der Waals surface area contributed by atoms with E-state index in [1.54, 1.807) is 0 Å². The van der Waals surface area contributed by atoms with Gasteiger partial charge in [-0.05, 0) is 17.7 Å². The Morgan fingerprint density at radius 3 is 1.46 bits per heavy atom. The van der Waals surface area contributed by atoms with Crippen molar-refractivity contribution < 1.29 is 0 Å². The van der Waals surface area contributed by atoms with E-state index in [0.717, 1.165) is 56.3 Å². The molecule has 0 saturated carbocycles. The zero-order valence-corrected chi connectivity index (χ0v) is 25.2. The normalized spacial score (nSPS) is 9.93. The fourth-order valence-electron chi connectivity index (χ4n) is 4.54. The van der Waals surface area contributed by atoms with Crippen LogP contribution in [0.15, 0.2) is 97.1 Å². The quantitative estimate of drug-likeness (QED) is 0.152. The van der Waals surface area contributed by atoms with Gasteiger partial charge >= 0.3 is 0 Å². The zero-order chi connectivity index (χ0) is 29.8. The predicted octanol–water partition coefficient (Wildman–Crippen LogP) is 8.90. The van der Waals surface area contributed by atoms with Crippen molar-refractivity contribution in [1.82, 2.24) is 9.97 Å². The van der Waals surface area contributed by atoms with Crippen molar-refractivity contribution in [3.63, 3.8) is 0 Å². The highest BCUT2D eigenvalue weighted by Gasteiger charge is 2.17. The van der Waals surface area contributed by atoms with Gasteiger partial charge in [-0.15, -0.1) is 0 Å². The van der Waals surface area contributed by atoms with Crippen LogP contribution >= 0.6 is 0 Å². The molecule has 0 saturated heterocycles. The topological polar surface area (TPSA) is 87.9 Å². The van der Waals surface area contributed by atoms with Gasteiger partial charge in [0.05, 0.1) is 34.1 Å². The molecular formula is C35H42N6. The first-order chi connectivity index (χ1) is 20.1. The summed E-state index contributed by atoms with van der Waals surface area (Å²) in [5.41, 5.74) is 16.8. The first-order valence-corrected chi connectivity index (χ1v) is 14.2. The van der Waals surface area contributed by atoms with E-state index in [4.69, 9.17) is 15.7 Å². The minimum absolute atomic E-state index is 0.693. The molecule has 1 aromatic heterocycles. The molecule has 5 rings (SSSR count). The summed E-state index contributed by atoms with van der Waals surface area (Å²) in [6.07, 6.45) is 0. The van der Waals surface area contributed by atoms with Crippen molar-refractivity contribution >= 4 is 22.7 Å². The number of aromatic nitrogens is 2. The van der Waals surface area contributed by atoms with Gasteiger partial charge in [-0.2, -0.15) is 0 Å². The van der Waals surface area contributed by atoms with E-state index in [2.05, 4.69) is 52.3 Å². The average Bonchev–Trinajstić information content (AvgIpc) is 3.07. The lowest BCUT2D eigenvalue weighted by molar-refractivity contribution is 1.18. The second-order valence-corrected chi connectivity index (χ2v) is 8.66. The maximum atomic E-state index is 6.59. The molecule has 0 bridgehead atoms. The molecule has 0 aliphatic rings. The standard InChI is InChI=1S/C31H30N6.2C2H6/c1-33-26-19-27(34-2)30(35-3)28(29(26)32)22-16-14-21(15-17-22)25-18-24(20-10-6-4-7-11-20)36-31(37-25)23-12-8-5-9-13-23;2*1-2/h4-19,33-35H,32H2,1-3H3;2*1-2H3. The number of nitrogens with zero attached hydrogens (tertiary/aromatic N) is 2. The second kappa shape index (κ2) is 15.1. The summed E-state index contributed by atoms with van der Waals surface area (Å²) in [7, 11) is 5.69. The summed E-state index contributed by atoms with van der Waals surface area (Å²) in [5.74, 6) is 0.697. The summed E-state index contributed by atoms with van der Waals surface area (Å²) in [4.78, 5) is 9.83. The maximum Gasteiger partial charge on any atom is 0.160 e. The van der Waals surface area contributed by atoms with E-state index in [0.29, 0.717) is 11.5 Å². The number of nitrogens with one attached hydrogen (secondary N) is 3. The molecule has 0 radical (unpaired) electrons. The van der Waals surface area contributed by atoms with E-state index >= 15 is 0 Å². The van der Waals surface area contributed by atoms with Gasteiger partial charge in [0.2, 0.25) is 0 Å². The highest BCUT2D eigenvalue weighted by Crippen LogP contribution is 2.43. The lowest BCUT2D eigenvalue weighted by Crippen LogP contribution is -2.05. The molecule has 6 nitrogen and oxygen atoms in total. The molecule has 4 aromatic carbocycles. The minimum atomic E-state index is 0.693. The van der Waals surface area contributed by atoms with Crippen molar-refractivity contribution in [3.05, 3.63) is 97.1 Å². The Morgan fingerprint density at radius 1 is 0.512 bits per heavy atom. The first kappa shape index (κ1) is 30.7. The molecule has 212 valence electrons. The Bertz CT molecular complexity index is 1460. The third-order valence-electron chi connectivity index (χ3n) is 6.45. The number of benzene rings is 4. The molecule has 0 unspecified atom stereocenters. The highest BCUT2D eigenvalue weighted by molar-refractivity contribution is 6.00. The molecular weight excluding hydrogens is 504 g/mol. The van der Waals surface area contributed by atoms with E-state index in [-0.39, 0.29) is 0 Å². The molecule has 6 heteroatoms. The fourth-order valence-corrected chi connectivity index (χ4v) is 4.54. The van der Waals surface area contributed by atoms with Crippen LogP contribution in [0.4, 0.5) is 22.7 Å². The van der Waals surface area contributed by atoms with E-state index in [1.807, 2.05) is 110 Å². The van der Waals surface area contributed by atoms with Gasteiger partial charge in [-0.3, -0.25) is 0 Å². The van der Waals surface area contributed by atoms with Crippen molar-refractivity contribution in [3.8, 4) is 45.0 Å². The van der Waals surface area contributed by atoms with Gasteiger partial charge in [-0.1, -0.05) is 113 Å². The molecule has 5 aromatic rings. The summed E-state index contributed by atoms with van der Waals surface area (Å²) in [5, 5.41) is 9.78.